The first-order valence-corrected chi connectivity index (χ1v) is 12.3. The van der Waals surface area contributed by atoms with E-state index in [1.54, 1.807) is 0 Å². The van der Waals surface area contributed by atoms with Gasteiger partial charge in [0.25, 0.3) is 10.1 Å². The van der Waals surface area contributed by atoms with E-state index in [0.717, 1.165) is 25.7 Å². The van der Waals surface area contributed by atoms with Gasteiger partial charge in [-0.2, -0.15) is 8.42 Å². The predicted octanol–water partition coefficient (Wildman–Crippen LogP) is -0.601. The zero-order chi connectivity index (χ0) is 24.7. The number of hydrogen-bond acceptors (Lipinski definition) is 6. The van der Waals surface area contributed by atoms with E-state index in [1.807, 2.05) is 0 Å². The maximum absolute atomic E-state index is 12.6. The van der Waals surface area contributed by atoms with E-state index in [9.17, 15) is 32.7 Å². The van der Waals surface area contributed by atoms with Gasteiger partial charge in [-0.05, 0) is 6.42 Å². The van der Waals surface area contributed by atoms with Crippen LogP contribution in [0.5, 0.6) is 0 Å². The first-order chi connectivity index (χ1) is 14.9. The summed E-state index contributed by atoms with van der Waals surface area (Å²) in [5.74, 6) is -6.22. The third-order valence-electron chi connectivity index (χ3n) is 5.10. The second kappa shape index (κ2) is 18.2. The van der Waals surface area contributed by atoms with Gasteiger partial charge in [-0.25, -0.2) is 4.79 Å². The van der Waals surface area contributed by atoms with E-state index in [2.05, 4.69) is 6.92 Å². The predicted molar refractivity (Wildman–Crippen MR) is 115 cm³/mol. The second-order valence-corrected chi connectivity index (χ2v) is 9.37. The van der Waals surface area contributed by atoms with Crippen molar-refractivity contribution in [2.75, 3.05) is 6.54 Å². The monoisotopic (exact) mass is 504 g/mol. The Labute approximate surface area is 217 Å². The van der Waals surface area contributed by atoms with Gasteiger partial charge >= 0.3 is 47.5 Å². The molecular formula is C20H35NNaO10S+. The van der Waals surface area contributed by atoms with E-state index in [1.165, 1.54) is 25.7 Å². The van der Waals surface area contributed by atoms with Gasteiger partial charge in [0, 0.05) is 6.54 Å². The fourth-order valence-corrected chi connectivity index (χ4v) is 3.92. The summed E-state index contributed by atoms with van der Waals surface area (Å²) in [7, 11) is -5.12. The van der Waals surface area contributed by atoms with Gasteiger partial charge in [0.15, 0.2) is 5.25 Å². The van der Waals surface area contributed by atoms with Crippen LogP contribution in [0.2, 0.25) is 0 Å². The summed E-state index contributed by atoms with van der Waals surface area (Å²) < 4.78 is 31.5. The Balaban J connectivity index is 0. The van der Waals surface area contributed by atoms with Crippen LogP contribution in [0.3, 0.4) is 0 Å². The standard InChI is InChI=1S/C20H35NO10S.Na/c1-2-3-4-5-6-7-8-9-10-11-12-21(15(19(25)26)13-18(23)24)17(22)14-16(20(27)28)32(29,30)31;/h15-16H,2-14H2,1H3,(H,23,24)(H,25,26)(H,27,28)(H,29,30,31);/q;+1. The van der Waals surface area contributed by atoms with Crippen LogP contribution in [0.15, 0.2) is 0 Å². The topological polar surface area (TPSA) is 187 Å². The Morgan fingerprint density at radius 3 is 1.58 bits per heavy atom. The van der Waals surface area contributed by atoms with Crippen molar-refractivity contribution < 1.29 is 77.0 Å². The smallest absolute Gasteiger partial charge is 0.481 e. The molecule has 186 valence electrons. The van der Waals surface area contributed by atoms with Crippen LogP contribution < -0.4 is 29.6 Å². The SMILES string of the molecule is CCCCCCCCCCCCN(C(=O)CC(C(=O)O)S(=O)(=O)O)C(CC(=O)O)C(=O)O.[Na+]. The molecule has 0 aromatic carbocycles. The average Bonchev–Trinajstić information content (AvgIpc) is 2.67. The van der Waals surface area contributed by atoms with Crippen molar-refractivity contribution in [3.63, 3.8) is 0 Å². The van der Waals surface area contributed by atoms with Crippen LogP contribution in [-0.2, 0) is 29.3 Å². The maximum Gasteiger partial charge on any atom is 1.00 e. The minimum Gasteiger partial charge on any atom is -0.481 e. The number of amides is 1. The molecule has 2 unspecified atom stereocenters. The van der Waals surface area contributed by atoms with Gasteiger partial charge in [-0.1, -0.05) is 64.7 Å². The van der Waals surface area contributed by atoms with E-state index in [0.29, 0.717) is 17.7 Å². The zero-order valence-corrected chi connectivity index (χ0v) is 22.3. The second-order valence-electron chi connectivity index (χ2n) is 7.77. The number of carboxylic acids is 3. The van der Waals surface area contributed by atoms with Crippen LogP contribution in [0, 0.1) is 0 Å². The maximum atomic E-state index is 12.6. The molecule has 0 aromatic heterocycles. The molecule has 0 bridgehead atoms. The van der Waals surface area contributed by atoms with E-state index in [-0.39, 0.29) is 36.1 Å². The molecule has 0 saturated carbocycles. The summed E-state index contributed by atoms with van der Waals surface area (Å²) in [6.07, 6.45) is 7.58. The first kappa shape index (κ1) is 34.0. The molecule has 33 heavy (non-hydrogen) atoms. The van der Waals surface area contributed by atoms with E-state index < -0.39 is 58.1 Å². The molecule has 0 fully saturated rings. The summed E-state index contributed by atoms with van der Waals surface area (Å²) >= 11 is 0. The van der Waals surface area contributed by atoms with E-state index in [4.69, 9.17) is 14.8 Å². The molecule has 11 nitrogen and oxygen atoms in total. The van der Waals surface area contributed by atoms with Gasteiger partial charge in [0.05, 0.1) is 12.8 Å². The molecule has 0 rings (SSSR count). The Bertz CT molecular complexity index is 728. The molecule has 4 N–H and O–H groups in total. The van der Waals surface area contributed by atoms with Crippen molar-refractivity contribution >= 4 is 33.9 Å². The first-order valence-electron chi connectivity index (χ1n) is 10.8. The molecule has 0 aromatic rings. The molecule has 0 aliphatic carbocycles. The molecule has 0 aliphatic heterocycles. The van der Waals surface area contributed by atoms with Crippen LogP contribution in [0.4, 0.5) is 0 Å². The molecule has 0 aliphatic rings. The van der Waals surface area contributed by atoms with Crippen LogP contribution >= 0.6 is 0 Å². The summed E-state index contributed by atoms with van der Waals surface area (Å²) in [4.78, 5) is 46.9. The van der Waals surface area contributed by atoms with Gasteiger partial charge in [-0.3, -0.25) is 18.9 Å². The van der Waals surface area contributed by atoms with Crippen molar-refractivity contribution in [3.05, 3.63) is 0 Å². The fraction of sp³-hybridized carbons (Fsp3) is 0.800. The number of aliphatic carboxylic acids is 3. The van der Waals surface area contributed by atoms with Crippen molar-refractivity contribution in [3.8, 4) is 0 Å². The summed E-state index contributed by atoms with van der Waals surface area (Å²) in [5, 5.41) is 24.9. The number of carbonyl (C=O) groups excluding carboxylic acids is 1. The van der Waals surface area contributed by atoms with Gasteiger partial charge in [0.1, 0.15) is 6.04 Å². The minimum absolute atomic E-state index is 0. The number of rotatable bonds is 19. The minimum atomic E-state index is -5.12. The molecule has 13 heteroatoms. The molecule has 0 radical (unpaired) electrons. The largest absolute Gasteiger partial charge is 1.00 e. The number of nitrogens with zero attached hydrogens (tertiary/aromatic N) is 1. The van der Waals surface area contributed by atoms with Gasteiger partial charge < -0.3 is 20.2 Å². The van der Waals surface area contributed by atoms with Crippen molar-refractivity contribution in [1.82, 2.24) is 4.90 Å². The van der Waals surface area contributed by atoms with Gasteiger partial charge in [0.2, 0.25) is 5.91 Å². The van der Waals surface area contributed by atoms with Gasteiger partial charge in [-0.15, -0.1) is 0 Å². The summed E-state index contributed by atoms with van der Waals surface area (Å²) in [5.41, 5.74) is 0. The third-order valence-corrected chi connectivity index (χ3v) is 6.18. The quantitative estimate of drug-likeness (QED) is 0.100. The van der Waals surface area contributed by atoms with Crippen LogP contribution in [-0.4, -0.2) is 74.8 Å². The molecule has 1 amide bonds. The number of carboxylic acid groups (broad SMARTS) is 3. The zero-order valence-electron chi connectivity index (χ0n) is 19.4. The Morgan fingerprint density at radius 2 is 1.21 bits per heavy atom. The van der Waals surface area contributed by atoms with Crippen LogP contribution in [0.1, 0.15) is 84.0 Å². The number of carbonyl (C=O) groups is 4. The molecule has 2 atom stereocenters. The number of unbranched alkanes of at least 4 members (excludes halogenated alkanes) is 9. The van der Waals surface area contributed by atoms with E-state index >= 15 is 0 Å². The van der Waals surface area contributed by atoms with Crippen molar-refractivity contribution in [1.29, 1.82) is 0 Å². The van der Waals surface area contributed by atoms with Crippen LogP contribution in [0.25, 0.3) is 0 Å². The normalized spacial score (nSPS) is 12.9. The summed E-state index contributed by atoms with van der Waals surface area (Å²) in [6.45, 7) is 1.97. The molecule has 0 heterocycles. The molecule has 0 spiro atoms. The fourth-order valence-electron chi connectivity index (χ4n) is 3.32. The Hall–Kier alpha value is -1.21. The third kappa shape index (κ3) is 15.3. The Morgan fingerprint density at radius 1 is 0.758 bits per heavy atom. The molecular weight excluding hydrogens is 469 g/mol. The molecule has 0 saturated heterocycles. The van der Waals surface area contributed by atoms with Crippen molar-refractivity contribution in [2.24, 2.45) is 0 Å². The van der Waals surface area contributed by atoms with Crippen molar-refractivity contribution in [2.45, 2.75) is 95.3 Å². The summed E-state index contributed by atoms with van der Waals surface area (Å²) in [6, 6.07) is -1.78. The average molecular weight is 505 g/mol. The Kier molecular flexibility index (Phi) is 18.7. The number of hydrogen-bond donors (Lipinski definition) is 4.